The number of hydrogen-bond acceptors (Lipinski definition) is 4. The number of halogens is 1. The number of aromatic nitrogens is 2. The summed E-state index contributed by atoms with van der Waals surface area (Å²) in [6.07, 6.45) is 3.74. The largest absolute Gasteiger partial charge is 0.334 e. The Hall–Kier alpha value is -1.77. The van der Waals surface area contributed by atoms with Crippen molar-refractivity contribution in [2.75, 3.05) is 32.7 Å². The minimum Gasteiger partial charge on any atom is -0.334 e. The van der Waals surface area contributed by atoms with Crippen molar-refractivity contribution in [3.8, 4) is 0 Å². The van der Waals surface area contributed by atoms with Crippen LogP contribution in [0, 0.1) is 12.7 Å². The first kappa shape index (κ1) is 18.0. The second-order valence-electron chi connectivity index (χ2n) is 6.29. The second-order valence-corrected chi connectivity index (χ2v) is 8.26. The van der Waals surface area contributed by atoms with Gasteiger partial charge in [0, 0.05) is 51.7 Å². The molecule has 8 heteroatoms. The number of aryl methyl sites for hydroxylation is 1. The predicted molar refractivity (Wildman–Crippen MR) is 94.0 cm³/mol. The van der Waals surface area contributed by atoms with E-state index < -0.39 is 10.0 Å². The molecule has 3 rings (SSSR count). The SMILES string of the molecule is Cc1nccn1CCN1CCN(S(=O)(=O)Cc2ccc(F)cc2)CC1. The van der Waals surface area contributed by atoms with Gasteiger partial charge in [0.05, 0.1) is 5.75 Å². The van der Waals surface area contributed by atoms with E-state index >= 15 is 0 Å². The van der Waals surface area contributed by atoms with E-state index in [1.165, 1.54) is 28.6 Å². The molecule has 1 aromatic heterocycles. The number of rotatable bonds is 6. The minimum absolute atomic E-state index is 0.0818. The van der Waals surface area contributed by atoms with E-state index in [4.69, 9.17) is 0 Å². The first-order valence-electron chi connectivity index (χ1n) is 8.36. The highest BCUT2D eigenvalue weighted by atomic mass is 32.2. The summed E-state index contributed by atoms with van der Waals surface area (Å²) in [4.78, 5) is 6.47. The zero-order valence-electron chi connectivity index (χ0n) is 14.3. The van der Waals surface area contributed by atoms with Gasteiger partial charge in [-0.3, -0.25) is 4.90 Å². The minimum atomic E-state index is -3.37. The molecule has 6 nitrogen and oxygen atoms in total. The molecular weight excluding hydrogens is 343 g/mol. The fourth-order valence-corrected chi connectivity index (χ4v) is 4.52. The summed E-state index contributed by atoms with van der Waals surface area (Å²) in [6.45, 7) is 6.13. The van der Waals surface area contributed by atoms with Crippen molar-refractivity contribution < 1.29 is 12.8 Å². The maximum absolute atomic E-state index is 12.9. The molecule has 0 aliphatic carbocycles. The maximum Gasteiger partial charge on any atom is 0.218 e. The topological polar surface area (TPSA) is 58.4 Å². The molecule has 1 fully saturated rings. The van der Waals surface area contributed by atoms with Crippen LogP contribution in [0.3, 0.4) is 0 Å². The molecule has 1 aliphatic rings. The maximum atomic E-state index is 12.9. The van der Waals surface area contributed by atoms with Crippen LogP contribution in [0.2, 0.25) is 0 Å². The van der Waals surface area contributed by atoms with Crippen molar-refractivity contribution in [3.05, 3.63) is 53.9 Å². The molecule has 0 amide bonds. The van der Waals surface area contributed by atoms with E-state index in [1.807, 2.05) is 13.1 Å². The number of imidazole rings is 1. The molecule has 1 aliphatic heterocycles. The van der Waals surface area contributed by atoms with Crippen LogP contribution in [0.1, 0.15) is 11.4 Å². The summed E-state index contributed by atoms with van der Waals surface area (Å²) in [7, 11) is -3.37. The zero-order valence-corrected chi connectivity index (χ0v) is 15.1. The molecule has 1 saturated heterocycles. The molecule has 0 spiro atoms. The van der Waals surface area contributed by atoms with Gasteiger partial charge in [0.2, 0.25) is 10.0 Å². The van der Waals surface area contributed by atoms with Gasteiger partial charge >= 0.3 is 0 Å². The summed E-state index contributed by atoms with van der Waals surface area (Å²) in [5, 5.41) is 0. The Kier molecular flexibility index (Phi) is 5.51. The Morgan fingerprint density at radius 2 is 1.76 bits per heavy atom. The van der Waals surface area contributed by atoms with Gasteiger partial charge in [-0.25, -0.2) is 17.8 Å². The standard InChI is InChI=1S/C17H23FN4O2S/c1-15-19-6-7-21(15)11-8-20-9-12-22(13-10-20)25(23,24)14-16-2-4-17(18)5-3-16/h2-7H,8-14H2,1H3. The Bertz CT molecular complexity index is 796. The third-order valence-corrected chi connectivity index (χ3v) is 6.42. The Labute approximate surface area is 147 Å². The molecule has 0 atom stereocenters. The molecule has 0 saturated carbocycles. The van der Waals surface area contributed by atoms with E-state index in [9.17, 15) is 12.8 Å². The Morgan fingerprint density at radius 3 is 2.36 bits per heavy atom. The molecule has 136 valence electrons. The molecule has 0 N–H and O–H groups in total. The van der Waals surface area contributed by atoms with Gasteiger partial charge < -0.3 is 4.57 Å². The van der Waals surface area contributed by atoms with Gasteiger partial charge in [-0.05, 0) is 24.6 Å². The summed E-state index contributed by atoms with van der Waals surface area (Å²) in [5.74, 6) is 0.546. The molecule has 0 radical (unpaired) electrons. The fraction of sp³-hybridized carbons (Fsp3) is 0.471. The van der Waals surface area contributed by atoms with Crippen molar-refractivity contribution in [1.29, 1.82) is 0 Å². The second kappa shape index (κ2) is 7.63. The average molecular weight is 366 g/mol. The van der Waals surface area contributed by atoms with Crippen molar-refractivity contribution in [2.45, 2.75) is 19.2 Å². The highest BCUT2D eigenvalue weighted by Crippen LogP contribution is 2.14. The highest BCUT2D eigenvalue weighted by Gasteiger charge is 2.26. The number of benzene rings is 1. The van der Waals surface area contributed by atoms with Gasteiger partial charge in [0.25, 0.3) is 0 Å². The zero-order chi connectivity index (χ0) is 17.9. The lowest BCUT2D eigenvalue weighted by molar-refractivity contribution is 0.182. The van der Waals surface area contributed by atoms with Crippen LogP contribution >= 0.6 is 0 Å². The number of hydrogen-bond donors (Lipinski definition) is 0. The third-order valence-electron chi connectivity index (χ3n) is 4.57. The van der Waals surface area contributed by atoms with Crippen molar-refractivity contribution >= 4 is 10.0 Å². The van der Waals surface area contributed by atoms with Gasteiger partial charge in [0.15, 0.2) is 0 Å². The van der Waals surface area contributed by atoms with Gasteiger partial charge in [0.1, 0.15) is 11.6 Å². The Morgan fingerprint density at radius 1 is 1.08 bits per heavy atom. The summed E-state index contributed by atoms with van der Waals surface area (Å²) >= 11 is 0. The summed E-state index contributed by atoms with van der Waals surface area (Å²) < 4.78 is 41.7. The van der Waals surface area contributed by atoms with E-state index in [0.29, 0.717) is 18.7 Å². The third kappa shape index (κ3) is 4.65. The lowest BCUT2D eigenvalue weighted by Crippen LogP contribution is -2.49. The first-order chi connectivity index (χ1) is 11.9. The van der Waals surface area contributed by atoms with Crippen LogP contribution in [-0.2, 0) is 22.3 Å². The molecule has 2 aromatic rings. The van der Waals surface area contributed by atoms with Crippen LogP contribution in [0.4, 0.5) is 4.39 Å². The van der Waals surface area contributed by atoms with Crippen molar-refractivity contribution in [1.82, 2.24) is 18.8 Å². The molecule has 0 unspecified atom stereocenters. The molecule has 2 heterocycles. The van der Waals surface area contributed by atoms with Crippen molar-refractivity contribution in [3.63, 3.8) is 0 Å². The first-order valence-corrected chi connectivity index (χ1v) is 9.97. The molecular formula is C17H23FN4O2S. The van der Waals surface area contributed by atoms with E-state index in [1.54, 1.807) is 6.20 Å². The normalized spacial score (nSPS) is 17.0. The van der Waals surface area contributed by atoms with E-state index in [0.717, 1.165) is 32.0 Å². The average Bonchev–Trinajstić information content (AvgIpc) is 3.00. The van der Waals surface area contributed by atoms with Gasteiger partial charge in [-0.15, -0.1) is 0 Å². The smallest absolute Gasteiger partial charge is 0.218 e. The Balaban J connectivity index is 1.50. The number of piperazine rings is 1. The fourth-order valence-electron chi connectivity index (χ4n) is 3.00. The monoisotopic (exact) mass is 366 g/mol. The number of sulfonamides is 1. The van der Waals surface area contributed by atoms with Crippen LogP contribution in [0.15, 0.2) is 36.7 Å². The lowest BCUT2D eigenvalue weighted by Gasteiger charge is -2.34. The van der Waals surface area contributed by atoms with Gasteiger partial charge in [-0.1, -0.05) is 12.1 Å². The summed E-state index contributed by atoms with van der Waals surface area (Å²) in [5.41, 5.74) is 0.611. The van der Waals surface area contributed by atoms with Crippen LogP contribution < -0.4 is 0 Å². The van der Waals surface area contributed by atoms with E-state index in [2.05, 4.69) is 14.5 Å². The van der Waals surface area contributed by atoms with Crippen molar-refractivity contribution in [2.24, 2.45) is 0 Å². The summed E-state index contributed by atoms with van der Waals surface area (Å²) in [6, 6.07) is 5.63. The number of nitrogens with zero attached hydrogens (tertiary/aromatic N) is 4. The van der Waals surface area contributed by atoms with Gasteiger partial charge in [-0.2, -0.15) is 4.31 Å². The molecule has 1 aromatic carbocycles. The van der Waals surface area contributed by atoms with Crippen LogP contribution in [0.25, 0.3) is 0 Å². The quantitative estimate of drug-likeness (QED) is 0.777. The van der Waals surface area contributed by atoms with Crippen LogP contribution in [0.5, 0.6) is 0 Å². The highest BCUT2D eigenvalue weighted by molar-refractivity contribution is 7.88. The lowest BCUT2D eigenvalue weighted by atomic mass is 10.2. The molecule has 0 bridgehead atoms. The predicted octanol–water partition coefficient (Wildman–Crippen LogP) is 1.48. The molecule has 25 heavy (non-hydrogen) atoms. The van der Waals surface area contributed by atoms with E-state index in [-0.39, 0.29) is 11.6 Å². The van der Waals surface area contributed by atoms with Crippen LogP contribution in [-0.4, -0.2) is 59.9 Å².